The third-order valence-corrected chi connectivity index (χ3v) is 6.14. The second-order valence-electron chi connectivity index (χ2n) is 8.79. The van der Waals surface area contributed by atoms with Gasteiger partial charge in [0.1, 0.15) is 5.82 Å². The summed E-state index contributed by atoms with van der Waals surface area (Å²) in [6, 6.07) is 5.47. The molecule has 0 aliphatic heterocycles. The number of unbranched alkanes of at least 4 members (excludes halogenated alkanes) is 1. The fourth-order valence-electron chi connectivity index (χ4n) is 3.41. The van der Waals surface area contributed by atoms with Gasteiger partial charge in [-0.2, -0.15) is 0 Å². The smallest absolute Gasteiger partial charge is 0.126 e. The number of allylic oxidation sites excluding steroid dienone is 4. The van der Waals surface area contributed by atoms with E-state index in [1.54, 1.807) is 6.07 Å². The number of benzene rings is 1. The third kappa shape index (κ3) is 16.4. The van der Waals surface area contributed by atoms with Crippen LogP contribution in [0.4, 0.5) is 4.39 Å². The SMILES string of the molecule is C=CC(C/C=C/CCCC(C)c1ccc(F)c(C)c1)CCC(=C)NC.CC.CCC1CC1.N. The molecule has 0 radical (unpaired) electrons. The van der Waals surface area contributed by atoms with Crippen molar-refractivity contribution in [3.05, 3.63) is 72.2 Å². The number of halogens is 1. The van der Waals surface area contributed by atoms with Crippen molar-refractivity contribution in [2.75, 3.05) is 7.05 Å². The zero-order chi connectivity index (χ0) is 24.4. The maximum atomic E-state index is 13.3. The lowest BCUT2D eigenvalue weighted by atomic mass is 9.94. The number of hydrogen-bond acceptors (Lipinski definition) is 2. The topological polar surface area (TPSA) is 47.0 Å². The molecule has 2 nitrogen and oxygen atoms in total. The van der Waals surface area contributed by atoms with E-state index in [9.17, 15) is 4.39 Å². The standard InChI is InChI=1S/C23H34FN.C5H10.C2H6.H3N/c1-6-21(14-13-20(4)25-5)12-10-8-7-9-11-18(2)22-15-16-23(24)19(3)17-22;1-2-5-3-4-5;1-2;/h6,8,10,15-18,21,25H,1,4,7,9,11-14H2,2-3,5H3;5H,2-4H2,1H3;1-2H3;1H3/b10-8+;;;. The first-order valence-electron chi connectivity index (χ1n) is 12.8. The lowest BCUT2D eigenvalue weighted by Crippen LogP contribution is -2.06. The molecule has 0 aromatic heterocycles. The lowest BCUT2D eigenvalue weighted by Gasteiger charge is -2.12. The molecular weight excluding hydrogens is 407 g/mol. The van der Waals surface area contributed by atoms with E-state index in [0.717, 1.165) is 55.7 Å². The molecule has 0 saturated heterocycles. The molecule has 2 rings (SSSR count). The molecule has 2 unspecified atom stereocenters. The molecule has 1 fully saturated rings. The maximum absolute atomic E-state index is 13.3. The predicted octanol–water partition coefficient (Wildman–Crippen LogP) is 9.66. The largest absolute Gasteiger partial charge is 0.392 e. The van der Waals surface area contributed by atoms with E-state index in [1.165, 1.54) is 24.8 Å². The minimum atomic E-state index is -0.117. The van der Waals surface area contributed by atoms with Crippen LogP contribution in [0.15, 0.2) is 55.3 Å². The Labute approximate surface area is 205 Å². The molecular formula is C30H53FN2. The summed E-state index contributed by atoms with van der Waals surface area (Å²) in [6.07, 6.45) is 17.6. The Bertz CT molecular complexity index is 661. The van der Waals surface area contributed by atoms with Crippen LogP contribution in [0.3, 0.4) is 0 Å². The van der Waals surface area contributed by atoms with E-state index < -0.39 is 0 Å². The normalized spacial score (nSPS) is 14.0. The van der Waals surface area contributed by atoms with E-state index in [2.05, 4.69) is 44.5 Å². The number of aryl methyl sites for hydroxylation is 1. The minimum Gasteiger partial charge on any atom is -0.392 e. The summed E-state index contributed by atoms with van der Waals surface area (Å²) >= 11 is 0. The predicted molar refractivity (Wildman–Crippen MR) is 148 cm³/mol. The van der Waals surface area contributed by atoms with Gasteiger partial charge in [0.15, 0.2) is 0 Å². The summed E-state index contributed by atoms with van der Waals surface area (Å²) in [4.78, 5) is 0. The first kappa shape index (κ1) is 33.3. The van der Waals surface area contributed by atoms with Crippen molar-refractivity contribution in [2.45, 2.75) is 98.3 Å². The van der Waals surface area contributed by atoms with E-state index in [4.69, 9.17) is 0 Å². The molecule has 1 aliphatic carbocycles. The summed E-state index contributed by atoms with van der Waals surface area (Å²) in [5.41, 5.74) is 3.06. The van der Waals surface area contributed by atoms with Crippen LogP contribution >= 0.6 is 0 Å². The van der Waals surface area contributed by atoms with E-state index in [1.807, 2.05) is 46.0 Å². The minimum absolute atomic E-state index is 0. The van der Waals surface area contributed by atoms with Gasteiger partial charge in [-0.3, -0.25) is 0 Å². The molecule has 0 heterocycles. The number of nitrogens with one attached hydrogen (secondary N) is 1. The molecule has 0 spiro atoms. The van der Waals surface area contributed by atoms with Gasteiger partial charge in [-0.25, -0.2) is 4.39 Å². The summed E-state index contributed by atoms with van der Waals surface area (Å²) in [7, 11) is 1.92. The van der Waals surface area contributed by atoms with Crippen molar-refractivity contribution in [2.24, 2.45) is 11.8 Å². The van der Waals surface area contributed by atoms with Crippen molar-refractivity contribution in [3.63, 3.8) is 0 Å². The molecule has 3 heteroatoms. The Morgan fingerprint density at radius 1 is 1.21 bits per heavy atom. The number of rotatable bonds is 13. The van der Waals surface area contributed by atoms with Crippen molar-refractivity contribution in [1.29, 1.82) is 0 Å². The molecule has 0 amide bonds. The highest BCUT2D eigenvalue weighted by Gasteiger charge is 2.17. The first-order chi connectivity index (χ1) is 15.4. The molecule has 2 atom stereocenters. The molecule has 1 saturated carbocycles. The van der Waals surface area contributed by atoms with Crippen LogP contribution in [0, 0.1) is 24.6 Å². The average molecular weight is 461 g/mol. The molecule has 190 valence electrons. The van der Waals surface area contributed by atoms with E-state index in [0.29, 0.717) is 11.8 Å². The average Bonchev–Trinajstić information content (AvgIpc) is 3.66. The molecule has 1 aromatic rings. The highest BCUT2D eigenvalue weighted by Crippen LogP contribution is 2.31. The lowest BCUT2D eigenvalue weighted by molar-refractivity contribution is 0.585. The Morgan fingerprint density at radius 2 is 1.88 bits per heavy atom. The monoisotopic (exact) mass is 460 g/mol. The zero-order valence-electron chi connectivity index (χ0n) is 22.6. The van der Waals surface area contributed by atoms with Gasteiger partial charge in [0.25, 0.3) is 0 Å². The molecule has 1 aromatic carbocycles. The Kier molecular flexibility index (Phi) is 20.9. The third-order valence-electron chi connectivity index (χ3n) is 6.14. The van der Waals surface area contributed by atoms with E-state index >= 15 is 0 Å². The highest BCUT2D eigenvalue weighted by molar-refractivity contribution is 5.26. The highest BCUT2D eigenvalue weighted by atomic mass is 19.1. The summed E-state index contributed by atoms with van der Waals surface area (Å²) in [6.45, 7) is 18.2. The van der Waals surface area contributed by atoms with Crippen LogP contribution in [-0.2, 0) is 0 Å². The van der Waals surface area contributed by atoms with E-state index in [-0.39, 0.29) is 12.0 Å². The van der Waals surface area contributed by atoms with Crippen LogP contribution < -0.4 is 11.5 Å². The van der Waals surface area contributed by atoms with Crippen molar-refractivity contribution >= 4 is 0 Å². The van der Waals surface area contributed by atoms with Crippen LogP contribution in [0.25, 0.3) is 0 Å². The second kappa shape index (κ2) is 20.7. The van der Waals surface area contributed by atoms with Crippen molar-refractivity contribution in [3.8, 4) is 0 Å². The van der Waals surface area contributed by atoms with Crippen LogP contribution in [0.1, 0.15) is 103 Å². The van der Waals surface area contributed by atoms with Gasteiger partial charge >= 0.3 is 0 Å². The Balaban J connectivity index is 0. The van der Waals surface area contributed by atoms with Gasteiger partial charge in [0, 0.05) is 12.7 Å². The summed E-state index contributed by atoms with van der Waals surface area (Å²) in [5.74, 6) is 2.01. The van der Waals surface area contributed by atoms with Gasteiger partial charge < -0.3 is 11.5 Å². The van der Waals surface area contributed by atoms with Gasteiger partial charge in [-0.1, -0.05) is 83.9 Å². The van der Waals surface area contributed by atoms with Gasteiger partial charge in [-0.05, 0) is 80.4 Å². The van der Waals surface area contributed by atoms with Gasteiger partial charge in [-0.15, -0.1) is 6.58 Å². The molecule has 33 heavy (non-hydrogen) atoms. The van der Waals surface area contributed by atoms with Crippen LogP contribution in [0.5, 0.6) is 0 Å². The summed E-state index contributed by atoms with van der Waals surface area (Å²) in [5, 5.41) is 3.09. The van der Waals surface area contributed by atoms with Crippen LogP contribution in [-0.4, -0.2) is 7.05 Å². The molecule has 4 N–H and O–H groups in total. The summed E-state index contributed by atoms with van der Waals surface area (Å²) < 4.78 is 13.3. The second-order valence-corrected chi connectivity index (χ2v) is 8.79. The zero-order valence-corrected chi connectivity index (χ0v) is 22.6. The Hall–Kier alpha value is -1.87. The first-order valence-corrected chi connectivity index (χ1v) is 12.8. The fourth-order valence-corrected chi connectivity index (χ4v) is 3.41. The van der Waals surface area contributed by atoms with Crippen LogP contribution in [0.2, 0.25) is 0 Å². The fraction of sp³-hybridized carbons (Fsp3) is 0.600. The van der Waals surface area contributed by atoms with Gasteiger partial charge in [0.2, 0.25) is 0 Å². The van der Waals surface area contributed by atoms with Crippen molar-refractivity contribution in [1.82, 2.24) is 11.5 Å². The molecule has 0 bridgehead atoms. The Morgan fingerprint density at radius 3 is 2.36 bits per heavy atom. The maximum Gasteiger partial charge on any atom is 0.126 e. The van der Waals surface area contributed by atoms with Crippen molar-refractivity contribution < 1.29 is 4.39 Å². The quantitative estimate of drug-likeness (QED) is 0.227. The van der Waals surface area contributed by atoms with Gasteiger partial charge in [0.05, 0.1) is 0 Å². The molecule has 1 aliphatic rings. The number of hydrogen-bond donors (Lipinski definition) is 2.